The van der Waals surface area contributed by atoms with Gasteiger partial charge < -0.3 is 14.8 Å². The Balaban J connectivity index is 1.67. The lowest BCUT2D eigenvalue weighted by Gasteiger charge is -2.26. The number of methoxy groups -OCH3 is 1. The SMILES string of the molecule is COc1ccc(Cl)cc1NC(=O)/C=C/c1ccc(S(=O)(=O)N2CCOCC2)cc1. The Hall–Kier alpha value is -2.39. The van der Waals surface area contributed by atoms with Crippen molar-refractivity contribution < 1.29 is 22.7 Å². The second-order valence-corrected chi connectivity index (χ2v) is 8.63. The van der Waals surface area contributed by atoms with Gasteiger partial charge in [-0.05, 0) is 42.0 Å². The number of hydrogen-bond donors (Lipinski definition) is 1. The van der Waals surface area contributed by atoms with Crippen LogP contribution in [-0.4, -0.2) is 52.0 Å². The van der Waals surface area contributed by atoms with Crippen LogP contribution in [0.2, 0.25) is 5.02 Å². The molecule has 0 unspecified atom stereocenters. The van der Waals surface area contributed by atoms with Crippen molar-refractivity contribution in [2.24, 2.45) is 0 Å². The summed E-state index contributed by atoms with van der Waals surface area (Å²) in [7, 11) is -2.04. The van der Waals surface area contributed by atoms with E-state index in [1.807, 2.05) is 0 Å². The molecular formula is C20H21ClN2O5S. The van der Waals surface area contributed by atoms with E-state index in [-0.39, 0.29) is 10.8 Å². The van der Waals surface area contributed by atoms with Gasteiger partial charge in [-0.2, -0.15) is 4.31 Å². The average molecular weight is 437 g/mol. The summed E-state index contributed by atoms with van der Waals surface area (Å²) in [6, 6.07) is 11.3. The third kappa shape index (κ3) is 5.36. The normalized spacial score (nSPS) is 15.4. The Bertz CT molecular complexity index is 1000. The van der Waals surface area contributed by atoms with E-state index < -0.39 is 10.0 Å². The molecule has 3 rings (SSSR count). The van der Waals surface area contributed by atoms with Gasteiger partial charge in [0.1, 0.15) is 5.75 Å². The van der Waals surface area contributed by atoms with Gasteiger partial charge in [0.2, 0.25) is 15.9 Å². The molecule has 0 saturated carbocycles. The van der Waals surface area contributed by atoms with Crippen LogP contribution < -0.4 is 10.1 Å². The van der Waals surface area contributed by atoms with E-state index in [1.165, 1.54) is 29.6 Å². The fourth-order valence-corrected chi connectivity index (χ4v) is 4.39. The third-order valence-electron chi connectivity index (χ3n) is 4.33. The number of sulfonamides is 1. The van der Waals surface area contributed by atoms with Crippen LogP contribution in [0.3, 0.4) is 0 Å². The Labute approximate surface area is 174 Å². The number of morpholine rings is 1. The molecule has 0 aromatic heterocycles. The van der Waals surface area contributed by atoms with Crippen molar-refractivity contribution in [3.05, 3.63) is 59.1 Å². The highest BCUT2D eigenvalue weighted by molar-refractivity contribution is 7.89. The first-order valence-electron chi connectivity index (χ1n) is 8.91. The molecule has 1 fully saturated rings. The van der Waals surface area contributed by atoms with Crippen molar-refractivity contribution in [1.82, 2.24) is 4.31 Å². The fraction of sp³-hybridized carbons (Fsp3) is 0.250. The van der Waals surface area contributed by atoms with E-state index in [0.29, 0.717) is 48.3 Å². The molecule has 0 aliphatic carbocycles. The van der Waals surface area contributed by atoms with E-state index >= 15 is 0 Å². The summed E-state index contributed by atoms with van der Waals surface area (Å²) in [6.07, 6.45) is 2.95. The molecule has 0 atom stereocenters. The predicted molar refractivity (Wildman–Crippen MR) is 112 cm³/mol. The Morgan fingerprint density at radius 1 is 1.17 bits per heavy atom. The molecule has 0 spiro atoms. The van der Waals surface area contributed by atoms with Crippen LogP contribution in [-0.2, 0) is 19.6 Å². The van der Waals surface area contributed by atoms with E-state index in [9.17, 15) is 13.2 Å². The molecule has 1 aliphatic heterocycles. The van der Waals surface area contributed by atoms with Crippen molar-refractivity contribution in [1.29, 1.82) is 0 Å². The van der Waals surface area contributed by atoms with E-state index in [2.05, 4.69) is 5.32 Å². The van der Waals surface area contributed by atoms with Crippen LogP contribution in [0, 0.1) is 0 Å². The molecule has 1 heterocycles. The average Bonchev–Trinajstić information content (AvgIpc) is 2.73. The zero-order valence-corrected chi connectivity index (χ0v) is 17.4. The molecule has 7 nitrogen and oxygen atoms in total. The number of halogens is 1. The Morgan fingerprint density at radius 2 is 1.86 bits per heavy atom. The van der Waals surface area contributed by atoms with E-state index in [1.54, 1.807) is 36.4 Å². The zero-order chi connectivity index (χ0) is 20.9. The van der Waals surface area contributed by atoms with Crippen LogP contribution >= 0.6 is 11.6 Å². The minimum absolute atomic E-state index is 0.213. The van der Waals surface area contributed by atoms with E-state index in [4.69, 9.17) is 21.1 Å². The number of carbonyl (C=O) groups excluding carboxylic acids is 1. The molecule has 2 aromatic carbocycles. The fourth-order valence-electron chi connectivity index (χ4n) is 2.81. The van der Waals surface area contributed by atoms with Gasteiger partial charge in [-0.15, -0.1) is 0 Å². The first-order chi connectivity index (χ1) is 13.9. The van der Waals surface area contributed by atoms with Gasteiger partial charge in [0.25, 0.3) is 0 Å². The summed E-state index contributed by atoms with van der Waals surface area (Å²) in [5.41, 5.74) is 1.15. The third-order valence-corrected chi connectivity index (χ3v) is 6.48. The monoisotopic (exact) mass is 436 g/mol. The lowest BCUT2D eigenvalue weighted by atomic mass is 10.2. The van der Waals surface area contributed by atoms with Crippen LogP contribution in [0.5, 0.6) is 5.75 Å². The topological polar surface area (TPSA) is 84.9 Å². The van der Waals surface area contributed by atoms with Gasteiger partial charge >= 0.3 is 0 Å². The number of ether oxygens (including phenoxy) is 2. The minimum Gasteiger partial charge on any atom is -0.495 e. The number of nitrogens with one attached hydrogen (secondary N) is 1. The van der Waals surface area contributed by atoms with Gasteiger partial charge in [0.15, 0.2) is 0 Å². The molecule has 154 valence electrons. The van der Waals surface area contributed by atoms with Crippen molar-refractivity contribution in [3.8, 4) is 5.75 Å². The molecule has 0 bridgehead atoms. The second-order valence-electron chi connectivity index (χ2n) is 6.25. The van der Waals surface area contributed by atoms with Gasteiger partial charge in [0.05, 0.1) is 30.9 Å². The van der Waals surface area contributed by atoms with E-state index in [0.717, 1.165) is 0 Å². The quantitative estimate of drug-likeness (QED) is 0.703. The number of carbonyl (C=O) groups is 1. The summed E-state index contributed by atoms with van der Waals surface area (Å²) in [5, 5.41) is 3.18. The maximum absolute atomic E-state index is 12.6. The summed E-state index contributed by atoms with van der Waals surface area (Å²) in [6.45, 7) is 1.48. The molecule has 29 heavy (non-hydrogen) atoms. The second kappa shape index (κ2) is 9.41. The lowest BCUT2D eigenvalue weighted by molar-refractivity contribution is -0.111. The highest BCUT2D eigenvalue weighted by atomic mass is 35.5. The first-order valence-corrected chi connectivity index (χ1v) is 10.7. The summed E-state index contributed by atoms with van der Waals surface area (Å²) in [4.78, 5) is 12.4. The minimum atomic E-state index is -3.54. The number of anilines is 1. The maximum atomic E-state index is 12.6. The molecule has 1 N–H and O–H groups in total. The van der Waals surface area contributed by atoms with Gasteiger partial charge in [-0.25, -0.2) is 8.42 Å². The maximum Gasteiger partial charge on any atom is 0.248 e. The summed E-state index contributed by atoms with van der Waals surface area (Å²) < 4.78 is 37.0. The van der Waals surface area contributed by atoms with Crippen LogP contribution in [0.1, 0.15) is 5.56 Å². The Morgan fingerprint density at radius 3 is 2.52 bits per heavy atom. The molecule has 1 saturated heterocycles. The number of hydrogen-bond acceptors (Lipinski definition) is 5. The predicted octanol–water partition coefficient (Wildman–Crippen LogP) is 3.02. The molecule has 2 aromatic rings. The first kappa shape index (κ1) is 21.3. The van der Waals surface area contributed by atoms with Gasteiger partial charge in [-0.3, -0.25) is 4.79 Å². The number of nitrogens with zero attached hydrogens (tertiary/aromatic N) is 1. The van der Waals surface area contributed by atoms with Gasteiger partial charge in [0, 0.05) is 24.2 Å². The Kier molecular flexibility index (Phi) is 6.92. The standard InChI is InChI=1S/C20H21ClN2O5S/c1-27-19-8-5-16(21)14-18(19)22-20(24)9-4-15-2-6-17(7-3-15)29(25,26)23-10-12-28-13-11-23/h2-9,14H,10-13H2,1H3,(H,22,24)/b9-4+. The molecule has 0 radical (unpaired) electrons. The highest BCUT2D eigenvalue weighted by Gasteiger charge is 2.25. The molecule has 1 amide bonds. The highest BCUT2D eigenvalue weighted by Crippen LogP contribution is 2.27. The van der Waals surface area contributed by atoms with Crippen LogP contribution in [0.25, 0.3) is 6.08 Å². The van der Waals surface area contributed by atoms with Crippen LogP contribution in [0.4, 0.5) is 5.69 Å². The van der Waals surface area contributed by atoms with Gasteiger partial charge in [-0.1, -0.05) is 23.7 Å². The molecule has 1 aliphatic rings. The zero-order valence-electron chi connectivity index (χ0n) is 15.8. The number of amides is 1. The van der Waals surface area contributed by atoms with Crippen molar-refractivity contribution >= 4 is 39.3 Å². The van der Waals surface area contributed by atoms with Crippen molar-refractivity contribution in [3.63, 3.8) is 0 Å². The summed E-state index contributed by atoms with van der Waals surface area (Å²) in [5.74, 6) is 0.129. The summed E-state index contributed by atoms with van der Waals surface area (Å²) >= 11 is 5.95. The van der Waals surface area contributed by atoms with Crippen molar-refractivity contribution in [2.45, 2.75) is 4.90 Å². The number of benzene rings is 2. The largest absolute Gasteiger partial charge is 0.495 e. The molecular weight excluding hydrogens is 416 g/mol. The molecule has 9 heteroatoms. The van der Waals surface area contributed by atoms with Crippen molar-refractivity contribution in [2.75, 3.05) is 38.7 Å². The smallest absolute Gasteiger partial charge is 0.248 e. The van der Waals surface area contributed by atoms with Crippen LogP contribution in [0.15, 0.2) is 53.4 Å². The number of rotatable bonds is 6. The lowest BCUT2D eigenvalue weighted by Crippen LogP contribution is -2.40.